The lowest BCUT2D eigenvalue weighted by Gasteiger charge is -2.26. The summed E-state index contributed by atoms with van der Waals surface area (Å²) in [5.41, 5.74) is 2.01. The van der Waals surface area contributed by atoms with Crippen LogP contribution in [0.2, 0.25) is 0 Å². The fourth-order valence-electron chi connectivity index (χ4n) is 4.74. The Kier molecular flexibility index (Phi) is 9.04. The van der Waals surface area contributed by atoms with Gasteiger partial charge in [0.2, 0.25) is 0 Å². The number of ketones is 1. The van der Waals surface area contributed by atoms with Crippen LogP contribution in [0.4, 0.5) is 0 Å². The number of carbonyl (C=O) groups is 2. The van der Waals surface area contributed by atoms with Gasteiger partial charge < -0.3 is 24.4 Å². The number of Topliss-reactive ketones (excluding diaryl/α,β-unsaturated/α-hetero) is 1. The highest BCUT2D eigenvalue weighted by atomic mass is 16.5. The van der Waals surface area contributed by atoms with Crippen LogP contribution in [0.1, 0.15) is 42.5 Å². The van der Waals surface area contributed by atoms with Crippen LogP contribution in [0.3, 0.4) is 0 Å². The fourth-order valence-corrected chi connectivity index (χ4v) is 4.74. The highest BCUT2D eigenvalue weighted by Crippen LogP contribution is 2.41. The molecule has 3 aromatic rings. The molecule has 39 heavy (non-hydrogen) atoms. The lowest BCUT2D eigenvalue weighted by atomic mass is 9.93. The maximum absolute atomic E-state index is 13.4. The number of hydrogen-bond acceptors (Lipinski definition) is 6. The molecule has 1 fully saturated rings. The van der Waals surface area contributed by atoms with E-state index in [2.05, 4.69) is 0 Å². The number of likely N-dealkylation sites (tertiary alicyclic amines) is 1. The molecule has 4 rings (SSSR count). The second-order valence-electron chi connectivity index (χ2n) is 9.96. The first kappa shape index (κ1) is 27.9. The van der Waals surface area contributed by atoms with Gasteiger partial charge in [0.15, 0.2) is 0 Å². The number of aliphatic hydroxyl groups excluding tert-OH is 1. The third-order valence-electron chi connectivity index (χ3n) is 6.62. The van der Waals surface area contributed by atoms with E-state index >= 15 is 0 Å². The van der Waals surface area contributed by atoms with Crippen molar-refractivity contribution in [2.45, 2.75) is 32.7 Å². The smallest absolute Gasteiger partial charge is 0.295 e. The monoisotopic (exact) mass is 528 g/mol. The first-order valence-corrected chi connectivity index (χ1v) is 13.3. The lowest BCUT2D eigenvalue weighted by Crippen LogP contribution is -2.32. The maximum atomic E-state index is 13.4. The molecule has 0 aliphatic carbocycles. The van der Waals surface area contributed by atoms with Crippen molar-refractivity contribution in [1.29, 1.82) is 0 Å². The zero-order chi connectivity index (χ0) is 27.9. The number of para-hydroxylation sites is 1. The normalized spacial score (nSPS) is 16.6. The molecule has 1 atom stereocenters. The van der Waals surface area contributed by atoms with Crippen LogP contribution in [-0.4, -0.2) is 60.4 Å². The number of hydrogen-bond donors (Lipinski definition) is 1. The highest BCUT2D eigenvalue weighted by molar-refractivity contribution is 6.46. The molecular weight excluding hydrogens is 492 g/mol. The molecule has 0 spiro atoms. The number of carbonyl (C=O) groups excluding carboxylic acids is 2. The Labute approximate surface area is 230 Å². The molecule has 1 aliphatic heterocycles. The number of rotatable bonds is 11. The molecule has 204 valence electrons. The highest BCUT2D eigenvalue weighted by Gasteiger charge is 2.46. The van der Waals surface area contributed by atoms with E-state index < -0.39 is 17.7 Å². The van der Waals surface area contributed by atoms with Crippen molar-refractivity contribution in [1.82, 2.24) is 9.80 Å². The van der Waals surface area contributed by atoms with Crippen molar-refractivity contribution >= 4 is 17.4 Å². The molecule has 1 heterocycles. The third-order valence-corrected chi connectivity index (χ3v) is 6.62. The molecule has 0 saturated carbocycles. The standard InChI is InChI=1S/C32H36N2O5/c1-5-19-38-25-15-16-27(22(2)20-25)30(35)28-29(34(32(37)31(28)36)18-10-17-33(3)4)23-11-9-14-26(21-23)39-24-12-7-6-8-13-24/h6-9,11-16,20-21,29,35H,5,10,17-19H2,1-4H3/t29-/m0/s1. The van der Waals surface area contributed by atoms with E-state index in [1.807, 2.05) is 93.5 Å². The number of ether oxygens (including phenoxy) is 2. The summed E-state index contributed by atoms with van der Waals surface area (Å²) in [7, 11) is 3.93. The van der Waals surface area contributed by atoms with Crippen molar-refractivity contribution in [2.24, 2.45) is 0 Å². The number of aryl methyl sites for hydroxylation is 1. The van der Waals surface area contributed by atoms with E-state index in [-0.39, 0.29) is 11.3 Å². The van der Waals surface area contributed by atoms with E-state index in [9.17, 15) is 14.7 Å². The summed E-state index contributed by atoms with van der Waals surface area (Å²) in [5.74, 6) is 0.444. The van der Waals surface area contributed by atoms with Crippen LogP contribution in [0.5, 0.6) is 17.2 Å². The van der Waals surface area contributed by atoms with Crippen molar-refractivity contribution in [2.75, 3.05) is 33.8 Å². The van der Waals surface area contributed by atoms with Crippen molar-refractivity contribution in [3.05, 3.63) is 95.1 Å². The number of benzene rings is 3. The summed E-state index contributed by atoms with van der Waals surface area (Å²) in [6, 6.07) is 21.3. The molecule has 0 bridgehead atoms. The van der Waals surface area contributed by atoms with Gasteiger partial charge in [-0.25, -0.2) is 0 Å². The quantitative estimate of drug-likeness (QED) is 0.188. The van der Waals surface area contributed by atoms with Crippen LogP contribution in [0.15, 0.2) is 78.4 Å². The fraction of sp³-hybridized carbons (Fsp3) is 0.312. The third kappa shape index (κ3) is 6.49. The maximum Gasteiger partial charge on any atom is 0.295 e. The van der Waals surface area contributed by atoms with Gasteiger partial charge in [-0.05, 0) is 94.0 Å². The lowest BCUT2D eigenvalue weighted by molar-refractivity contribution is -0.139. The second-order valence-corrected chi connectivity index (χ2v) is 9.96. The Morgan fingerprint density at radius 2 is 1.69 bits per heavy atom. The Morgan fingerprint density at radius 3 is 2.38 bits per heavy atom. The molecule has 7 heteroatoms. The zero-order valence-electron chi connectivity index (χ0n) is 23.0. The minimum Gasteiger partial charge on any atom is -0.507 e. The van der Waals surface area contributed by atoms with Crippen LogP contribution in [0.25, 0.3) is 5.76 Å². The molecule has 1 saturated heterocycles. The number of aliphatic hydroxyl groups is 1. The Bertz CT molecular complexity index is 1350. The van der Waals surface area contributed by atoms with Crippen LogP contribution in [0, 0.1) is 6.92 Å². The molecule has 3 aromatic carbocycles. The Hall–Kier alpha value is -4.10. The molecule has 1 N–H and O–H groups in total. The molecular formula is C32H36N2O5. The predicted octanol–water partition coefficient (Wildman–Crippen LogP) is 5.95. The van der Waals surface area contributed by atoms with Gasteiger partial charge in [-0.2, -0.15) is 0 Å². The minimum absolute atomic E-state index is 0.0760. The van der Waals surface area contributed by atoms with Gasteiger partial charge in [-0.3, -0.25) is 9.59 Å². The summed E-state index contributed by atoms with van der Waals surface area (Å²) in [4.78, 5) is 30.3. The van der Waals surface area contributed by atoms with Gasteiger partial charge in [0, 0.05) is 12.1 Å². The van der Waals surface area contributed by atoms with Crippen molar-refractivity contribution in [3.63, 3.8) is 0 Å². The average Bonchev–Trinajstić information content (AvgIpc) is 3.17. The van der Waals surface area contributed by atoms with E-state index in [4.69, 9.17) is 9.47 Å². The number of nitrogens with zero attached hydrogens (tertiary/aromatic N) is 2. The van der Waals surface area contributed by atoms with Gasteiger partial charge in [-0.15, -0.1) is 0 Å². The summed E-state index contributed by atoms with van der Waals surface area (Å²) >= 11 is 0. The first-order chi connectivity index (χ1) is 18.8. The topological polar surface area (TPSA) is 79.3 Å². The van der Waals surface area contributed by atoms with Crippen molar-refractivity contribution in [3.8, 4) is 17.2 Å². The van der Waals surface area contributed by atoms with Gasteiger partial charge in [0.1, 0.15) is 23.0 Å². The molecule has 1 aliphatic rings. The molecule has 0 radical (unpaired) electrons. The minimum atomic E-state index is -0.748. The van der Waals surface area contributed by atoms with Gasteiger partial charge in [0.05, 0.1) is 18.2 Å². The largest absolute Gasteiger partial charge is 0.507 e. The van der Waals surface area contributed by atoms with E-state index in [0.717, 1.165) is 18.5 Å². The first-order valence-electron chi connectivity index (χ1n) is 13.3. The average molecular weight is 529 g/mol. The van der Waals surface area contributed by atoms with Gasteiger partial charge in [-0.1, -0.05) is 37.3 Å². The van der Waals surface area contributed by atoms with E-state index in [0.29, 0.717) is 47.9 Å². The van der Waals surface area contributed by atoms with Gasteiger partial charge >= 0.3 is 0 Å². The Morgan fingerprint density at radius 1 is 0.949 bits per heavy atom. The number of amides is 1. The summed E-state index contributed by atoms with van der Waals surface area (Å²) in [6.07, 6.45) is 1.56. The Balaban J connectivity index is 1.77. The zero-order valence-corrected chi connectivity index (χ0v) is 23.0. The molecule has 7 nitrogen and oxygen atoms in total. The van der Waals surface area contributed by atoms with Crippen LogP contribution in [-0.2, 0) is 9.59 Å². The molecule has 1 amide bonds. The second kappa shape index (κ2) is 12.6. The van der Waals surface area contributed by atoms with E-state index in [1.54, 1.807) is 17.0 Å². The molecule has 0 aromatic heterocycles. The van der Waals surface area contributed by atoms with Crippen molar-refractivity contribution < 1.29 is 24.2 Å². The van der Waals surface area contributed by atoms with Gasteiger partial charge in [0.25, 0.3) is 11.7 Å². The summed E-state index contributed by atoms with van der Waals surface area (Å²) in [5, 5.41) is 11.5. The SMILES string of the molecule is CCCOc1ccc(C(O)=C2C(=O)C(=O)N(CCCN(C)C)[C@H]2c2cccc(Oc3ccccc3)c2)c(C)c1. The van der Waals surface area contributed by atoms with Crippen LogP contribution >= 0.6 is 0 Å². The van der Waals surface area contributed by atoms with E-state index in [1.165, 1.54) is 0 Å². The van der Waals surface area contributed by atoms with Crippen LogP contribution < -0.4 is 9.47 Å². The molecule has 0 unspecified atom stereocenters. The summed E-state index contributed by atoms with van der Waals surface area (Å²) < 4.78 is 11.8. The summed E-state index contributed by atoms with van der Waals surface area (Å²) in [6.45, 7) is 5.60. The predicted molar refractivity (Wildman–Crippen MR) is 152 cm³/mol.